The Labute approximate surface area is 163 Å². The van der Waals surface area contributed by atoms with Gasteiger partial charge in [0.1, 0.15) is 5.82 Å². The summed E-state index contributed by atoms with van der Waals surface area (Å²) in [5.41, 5.74) is 2.39. The van der Waals surface area contributed by atoms with Crippen LogP contribution in [0.4, 0.5) is 5.82 Å². The van der Waals surface area contributed by atoms with Crippen LogP contribution >= 0.6 is 0 Å². The molecule has 8 nitrogen and oxygen atoms in total. The van der Waals surface area contributed by atoms with Gasteiger partial charge in [0.25, 0.3) is 0 Å². The Kier molecular flexibility index (Phi) is 3.82. The first-order valence-corrected chi connectivity index (χ1v) is 11.4. The fourth-order valence-corrected chi connectivity index (χ4v) is 5.55. The van der Waals surface area contributed by atoms with Gasteiger partial charge in [-0.25, -0.2) is 17.9 Å². The predicted molar refractivity (Wildman–Crippen MR) is 106 cm³/mol. The second kappa shape index (κ2) is 6.05. The van der Waals surface area contributed by atoms with Gasteiger partial charge in [-0.05, 0) is 38.0 Å². The van der Waals surface area contributed by atoms with Gasteiger partial charge in [-0.3, -0.25) is 0 Å². The molecule has 0 unspecified atom stereocenters. The molecular formula is C19H23N5O3S. The number of imidazole rings is 1. The molecule has 0 spiro atoms. The SMILES string of the molecule is C[C@@H]1COCCN1c1cc(C2(S(C)(=O)=O)CC2)c2cnc(-c3ccc[nH]3)n2n1. The van der Waals surface area contributed by atoms with E-state index in [1.165, 1.54) is 6.26 Å². The van der Waals surface area contributed by atoms with Crippen LogP contribution in [0.1, 0.15) is 25.3 Å². The fraction of sp³-hybridized carbons (Fsp3) is 0.474. The molecule has 2 aliphatic rings. The second-order valence-electron chi connectivity index (χ2n) is 7.76. The molecule has 0 radical (unpaired) electrons. The van der Waals surface area contributed by atoms with Crippen molar-refractivity contribution in [2.45, 2.75) is 30.6 Å². The van der Waals surface area contributed by atoms with Crippen molar-refractivity contribution in [3.63, 3.8) is 0 Å². The van der Waals surface area contributed by atoms with E-state index < -0.39 is 14.6 Å². The van der Waals surface area contributed by atoms with Crippen LogP contribution in [0.2, 0.25) is 0 Å². The van der Waals surface area contributed by atoms with E-state index >= 15 is 0 Å². The van der Waals surface area contributed by atoms with Crippen LogP contribution in [-0.4, -0.2) is 60.1 Å². The molecule has 0 aromatic carbocycles. The Morgan fingerprint density at radius 3 is 2.82 bits per heavy atom. The Bertz CT molecular complexity index is 1130. The van der Waals surface area contributed by atoms with Crippen LogP contribution in [0.5, 0.6) is 0 Å². The number of nitrogens with one attached hydrogen (secondary N) is 1. The minimum absolute atomic E-state index is 0.164. The number of morpholine rings is 1. The molecule has 2 fully saturated rings. The van der Waals surface area contributed by atoms with Crippen molar-refractivity contribution >= 4 is 21.2 Å². The number of aromatic amines is 1. The molecular weight excluding hydrogens is 378 g/mol. The maximum atomic E-state index is 12.7. The molecule has 1 saturated carbocycles. The number of hydrogen-bond donors (Lipinski definition) is 1. The molecule has 148 valence electrons. The lowest BCUT2D eigenvalue weighted by Gasteiger charge is -2.34. The third-order valence-corrected chi connectivity index (χ3v) is 7.94. The largest absolute Gasteiger partial charge is 0.377 e. The van der Waals surface area contributed by atoms with E-state index in [-0.39, 0.29) is 6.04 Å². The summed E-state index contributed by atoms with van der Waals surface area (Å²) < 4.78 is 31.8. The predicted octanol–water partition coefficient (Wildman–Crippen LogP) is 1.98. The zero-order valence-electron chi connectivity index (χ0n) is 15.9. The highest BCUT2D eigenvalue weighted by Gasteiger charge is 2.55. The van der Waals surface area contributed by atoms with E-state index in [1.807, 2.05) is 24.4 Å². The Morgan fingerprint density at radius 1 is 1.36 bits per heavy atom. The monoisotopic (exact) mass is 401 g/mol. The standard InChI is InChI=1S/C19H23N5O3S/c1-13-12-27-9-8-23(13)17-10-14(19(5-6-19)28(2,25)26)16-11-21-18(24(16)22-17)15-4-3-7-20-15/h3-4,7,10-11,13,20H,5-6,8-9,12H2,1-2H3/t13-/m1/s1. The number of ether oxygens (including phenoxy) is 1. The Morgan fingerprint density at radius 2 is 2.18 bits per heavy atom. The van der Waals surface area contributed by atoms with Crippen molar-refractivity contribution in [1.82, 2.24) is 19.6 Å². The molecule has 5 rings (SSSR count). The average molecular weight is 401 g/mol. The maximum Gasteiger partial charge on any atom is 0.177 e. The highest BCUT2D eigenvalue weighted by Crippen LogP contribution is 2.54. The van der Waals surface area contributed by atoms with Crippen LogP contribution in [0.25, 0.3) is 17.0 Å². The third-order valence-electron chi connectivity index (χ3n) is 5.90. The summed E-state index contributed by atoms with van der Waals surface area (Å²) in [5, 5.41) is 4.86. The number of rotatable bonds is 4. The van der Waals surface area contributed by atoms with E-state index in [0.717, 1.165) is 29.1 Å². The molecule has 0 amide bonds. The second-order valence-corrected chi connectivity index (χ2v) is 10.1. The number of fused-ring (bicyclic) bond motifs is 1. The molecule has 1 aliphatic heterocycles. The van der Waals surface area contributed by atoms with E-state index in [0.29, 0.717) is 31.9 Å². The van der Waals surface area contributed by atoms with Crippen molar-refractivity contribution in [3.8, 4) is 11.5 Å². The molecule has 1 aliphatic carbocycles. The molecule has 0 bridgehead atoms. The lowest BCUT2D eigenvalue weighted by molar-refractivity contribution is 0.0984. The topological polar surface area (TPSA) is 92.6 Å². The molecule has 1 saturated heterocycles. The summed E-state index contributed by atoms with van der Waals surface area (Å²) in [6, 6.07) is 5.96. The number of aromatic nitrogens is 4. The summed E-state index contributed by atoms with van der Waals surface area (Å²) in [5.74, 6) is 1.44. The van der Waals surface area contributed by atoms with E-state index in [9.17, 15) is 8.42 Å². The van der Waals surface area contributed by atoms with Gasteiger partial charge >= 0.3 is 0 Å². The molecule has 1 N–H and O–H groups in total. The highest BCUT2D eigenvalue weighted by molar-refractivity contribution is 7.92. The Hall–Kier alpha value is -2.39. The quantitative estimate of drug-likeness (QED) is 0.719. The molecule has 1 atom stereocenters. The molecule has 3 aromatic rings. The van der Waals surface area contributed by atoms with E-state index in [4.69, 9.17) is 9.84 Å². The van der Waals surface area contributed by atoms with Crippen molar-refractivity contribution in [3.05, 3.63) is 36.2 Å². The van der Waals surface area contributed by atoms with Gasteiger partial charge in [0.2, 0.25) is 0 Å². The van der Waals surface area contributed by atoms with E-state index in [1.54, 1.807) is 10.7 Å². The molecule has 9 heteroatoms. The normalized spacial score (nSPS) is 21.9. The third kappa shape index (κ3) is 2.56. The smallest absolute Gasteiger partial charge is 0.177 e. The zero-order chi connectivity index (χ0) is 19.5. The number of anilines is 1. The first kappa shape index (κ1) is 17.7. The van der Waals surface area contributed by atoms with Crippen LogP contribution in [0, 0.1) is 0 Å². The molecule has 3 aromatic heterocycles. The average Bonchev–Trinajstić information content (AvgIpc) is 3.11. The minimum atomic E-state index is -3.26. The molecule has 28 heavy (non-hydrogen) atoms. The van der Waals surface area contributed by atoms with E-state index in [2.05, 4.69) is 21.8 Å². The van der Waals surface area contributed by atoms with Gasteiger partial charge in [-0.1, -0.05) is 0 Å². The maximum absolute atomic E-state index is 12.7. The first-order chi connectivity index (χ1) is 13.4. The summed E-state index contributed by atoms with van der Waals surface area (Å²) in [6.45, 7) is 4.06. The van der Waals surface area contributed by atoms with Gasteiger partial charge in [0, 0.05) is 24.6 Å². The van der Waals surface area contributed by atoms with Gasteiger partial charge in [-0.2, -0.15) is 0 Å². The lowest BCUT2D eigenvalue weighted by Crippen LogP contribution is -2.44. The summed E-state index contributed by atoms with van der Waals surface area (Å²) in [4.78, 5) is 9.91. The Balaban J connectivity index is 1.76. The van der Waals surface area contributed by atoms with Crippen molar-refractivity contribution in [2.75, 3.05) is 30.9 Å². The summed E-state index contributed by atoms with van der Waals surface area (Å²) in [6.07, 6.45) is 6.16. The lowest BCUT2D eigenvalue weighted by atomic mass is 10.1. The number of H-pyrrole nitrogens is 1. The van der Waals surface area contributed by atoms with Gasteiger partial charge in [-0.15, -0.1) is 5.10 Å². The highest BCUT2D eigenvalue weighted by atomic mass is 32.2. The molecule has 4 heterocycles. The van der Waals surface area contributed by atoms with Crippen molar-refractivity contribution < 1.29 is 13.2 Å². The summed E-state index contributed by atoms with van der Waals surface area (Å²) >= 11 is 0. The number of hydrogen-bond acceptors (Lipinski definition) is 6. The zero-order valence-corrected chi connectivity index (χ0v) is 16.7. The number of nitrogens with zero attached hydrogens (tertiary/aromatic N) is 4. The van der Waals surface area contributed by atoms with Gasteiger partial charge in [0.15, 0.2) is 15.7 Å². The van der Waals surface area contributed by atoms with Crippen LogP contribution in [0.3, 0.4) is 0 Å². The fourth-order valence-electron chi connectivity index (χ4n) is 4.14. The summed E-state index contributed by atoms with van der Waals surface area (Å²) in [7, 11) is -3.26. The van der Waals surface area contributed by atoms with Crippen LogP contribution < -0.4 is 4.90 Å². The van der Waals surface area contributed by atoms with Gasteiger partial charge in [0.05, 0.1) is 41.4 Å². The van der Waals surface area contributed by atoms with Crippen molar-refractivity contribution in [1.29, 1.82) is 0 Å². The number of sulfone groups is 1. The minimum Gasteiger partial charge on any atom is -0.377 e. The van der Waals surface area contributed by atoms with Crippen molar-refractivity contribution in [2.24, 2.45) is 0 Å². The van der Waals surface area contributed by atoms with Gasteiger partial charge < -0.3 is 14.6 Å². The van der Waals surface area contributed by atoms with Crippen LogP contribution in [0.15, 0.2) is 30.6 Å². The van der Waals surface area contributed by atoms with Crippen LogP contribution in [-0.2, 0) is 19.3 Å². The first-order valence-electron chi connectivity index (χ1n) is 9.48.